The first-order valence-corrected chi connectivity index (χ1v) is 12.7. The van der Waals surface area contributed by atoms with Crippen LogP contribution in [0.1, 0.15) is 128 Å². The second-order valence-corrected chi connectivity index (χ2v) is 10.00. The molecule has 0 unspecified atom stereocenters. The molecule has 0 spiro atoms. The van der Waals surface area contributed by atoms with Gasteiger partial charge in [0.05, 0.1) is 18.3 Å². The molecule has 0 atom stereocenters. The Morgan fingerprint density at radius 1 is 0.357 bits per heavy atom. The van der Waals surface area contributed by atoms with Crippen molar-refractivity contribution < 1.29 is 15.3 Å². The first-order valence-electron chi connectivity index (χ1n) is 12.7. The van der Waals surface area contributed by atoms with Crippen molar-refractivity contribution in [2.45, 2.75) is 147 Å². The van der Waals surface area contributed by atoms with Crippen LogP contribution in [0, 0.1) is 11.8 Å². The quantitative estimate of drug-likeness (QED) is 0.526. The Morgan fingerprint density at radius 3 is 1.04 bits per heavy atom. The van der Waals surface area contributed by atoms with E-state index in [0.29, 0.717) is 0 Å². The molecule has 3 nitrogen and oxygen atoms in total. The van der Waals surface area contributed by atoms with E-state index in [2.05, 4.69) is 0 Å². The summed E-state index contributed by atoms with van der Waals surface area (Å²) in [5, 5.41) is 27.3. The molecular weight excluding hydrogens is 348 g/mol. The minimum atomic E-state index is 0.0256. The summed E-state index contributed by atoms with van der Waals surface area (Å²) in [6.45, 7) is 0. The van der Waals surface area contributed by atoms with E-state index < -0.39 is 0 Å². The van der Waals surface area contributed by atoms with Crippen LogP contribution >= 0.6 is 0 Å². The van der Waals surface area contributed by atoms with Crippen LogP contribution in [0.2, 0.25) is 0 Å². The standard InChI is InChI=1S/C13H24O.2C6H12O/c14-13-8-6-12(7-9-13)10-11-4-2-1-3-5-11;2*7-6-4-2-1-3-5-6/h11-14H,1-10H2;2*6-7H,1-5H2. The van der Waals surface area contributed by atoms with Crippen molar-refractivity contribution in [1.82, 2.24) is 0 Å². The van der Waals surface area contributed by atoms with Gasteiger partial charge in [0, 0.05) is 0 Å². The molecule has 0 heterocycles. The molecule has 0 bridgehead atoms. The van der Waals surface area contributed by atoms with E-state index >= 15 is 0 Å². The fraction of sp³-hybridized carbons (Fsp3) is 1.00. The van der Waals surface area contributed by atoms with E-state index in [9.17, 15) is 5.11 Å². The minimum Gasteiger partial charge on any atom is -0.393 e. The highest BCUT2D eigenvalue weighted by atomic mass is 16.3. The summed E-state index contributed by atoms with van der Waals surface area (Å²) in [5.41, 5.74) is 0. The van der Waals surface area contributed by atoms with E-state index in [4.69, 9.17) is 10.2 Å². The zero-order valence-electron chi connectivity index (χ0n) is 18.4. The molecular formula is C25H48O3. The molecule has 4 rings (SSSR count). The van der Waals surface area contributed by atoms with Gasteiger partial charge in [-0.25, -0.2) is 0 Å². The Labute approximate surface area is 174 Å². The van der Waals surface area contributed by atoms with Gasteiger partial charge < -0.3 is 15.3 Å². The van der Waals surface area contributed by atoms with Crippen molar-refractivity contribution in [2.75, 3.05) is 0 Å². The van der Waals surface area contributed by atoms with E-state index in [0.717, 1.165) is 50.4 Å². The Morgan fingerprint density at radius 2 is 0.679 bits per heavy atom. The van der Waals surface area contributed by atoms with Gasteiger partial charge in [-0.15, -0.1) is 0 Å². The van der Waals surface area contributed by atoms with Gasteiger partial charge in [-0.2, -0.15) is 0 Å². The Bertz CT molecular complexity index is 331. The van der Waals surface area contributed by atoms with Gasteiger partial charge in [-0.3, -0.25) is 0 Å². The second kappa shape index (κ2) is 14.8. The summed E-state index contributed by atoms with van der Waals surface area (Å²) in [5.74, 6) is 1.98. The average Bonchev–Trinajstić information content (AvgIpc) is 2.73. The summed E-state index contributed by atoms with van der Waals surface area (Å²) >= 11 is 0. The maximum Gasteiger partial charge on any atom is 0.0540 e. The molecule has 4 fully saturated rings. The van der Waals surface area contributed by atoms with Gasteiger partial charge in [0.25, 0.3) is 0 Å². The lowest BCUT2D eigenvalue weighted by Gasteiger charge is -2.30. The van der Waals surface area contributed by atoms with Gasteiger partial charge >= 0.3 is 0 Å². The van der Waals surface area contributed by atoms with Crippen molar-refractivity contribution in [3.05, 3.63) is 0 Å². The van der Waals surface area contributed by atoms with E-state index in [-0.39, 0.29) is 18.3 Å². The van der Waals surface area contributed by atoms with Crippen molar-refractivity contribution in [1.29, 1.82) is 0 Å². The number of rotatable bonds is 2. The summed E-state index contributed by atoms with van der Waals surface area (Å²) < 4.78 is 0. The molecule has 4 aliphatic rings. The predicted octanol–water partition coefficient (Wildman–Crippen LogP) is 6.13. The molecule has 0 saturated heterocycles. The molecule has 0 aromatic carbocycles. The zero-order chi connectivity index (χ0) is 20.0. The number of hydrogen-bond donors (Lipinski definition) is 3. The minimum absolute atomic E-state index is 0.0256. The first-order chi connectivity index (χ1) is 13.6. The van der Waals surface area contributed by atoms with Crippen molar-refractivity contribution >= 4 is 0 Å². The zero-order valence-corrected chi connectivity index (χ0v) is 18.4. The summed E-state index contributed by atoms with van der Waals surface area (Å²) in [6, 6.07) is 0. The molecule has 0 aromatic heterocycles. The van der Waals surface area contributed by atoms with Gasteiger partial charge in [0.1, 0.15) is 0 Å². The number of aliphatic hydroxyl groups excluding tert-OH is 3. The second-order valence-electron chi connectivity index (χ2n) is 10.00. The number of hydrogen-bond acceptors (Lipinski definition) is 3. The van der Waals surface area contributed by atoms with Crippen LogP contribution in [0.15, 0.2) is 0 Å². The lowest BCUT2D eigenvalue weighted by molar-refractivity contribution is 0.0986. The van der Waals surface area contributed by atoms with Gasteiger partial charge in [-0.05, 0) is 69.6 Å². The van der Waals surface area contributed by atoms with Gasteiger partial charge in [0.2, 0.25) is 0 Å². The van der Waals surface area contributed by atoms with Gasteiger partial charge in [0.15, 0.2) is 0 Å². The molecule has 3 N–H and O–H groups in total. The highest BCUT2D eigenvalue weighted by Gasteiger charge is 2.23. The molecule has 0 amide bonds. The van der Waals surface area contributed by atoms with E-state index in [1.807, 2.05) is 0 Å². The summed E-state index contributed by atoms with van der Waals surface area (Å²) in [7, 11) is 0. The maximum absolute atomic E-state index is 9.43. The highest BCUT2D eigenvalue weighted by Crippen LogP contribution is 2.35. The molecule has 3 heteroatoms. The van der Waals surface area contributed by atoms with Crippen molar-refractivity contribution in [3.63, 3.8) is 0 Å². The van der Waals surface area contributed by atoms with Crippen LogP contribution in [-0.2, 0) is 0 Å². The summed E-state index contributed by atoms with van der Waals surface area (Å²) in [4.78, 5) is 0. The maximum atomic E-state index is 9.43. The fourth-order valence-corrected chi connectivity index (χ4v) is 5.44. The highest BCUT2D eigenvalue weighted by molar-refractivity contribution is 4.76. The first kappa shape index (κ1) is 24.2. The van der Waals surface area contributed by atoms with E-state index in [1.54, 1.807) is 0 Å². The molecule has 166 valence electrons. The molecule has 4 saturated carbocycles. The Kier molecular flexibility index (Phi) is 12.8. The number of aliphatic hydroxyl groups is 3. The Hall–Kier alpha value is -0.120. The fourth-order valence-electron chi connectivity index (χ4n) is 5.44. The lowest BCUT2D eigenvalue weighted by Crippen LogP contribution is -2.21. The van der Waals surface area contributed by atoms with E-state index in [1.165, 1.54) is 89.9 Å². The molecule has 28 heavy (non-hydrogen) atoms. The van der Waals surface area contributed by atoms with Crippen LogP contribution in [0.4, 0.5) is 0 Å². The lowest BCUT2D eigenvalue weighted by atomic mass is 9.77. The normalized spacial score (nSPS) is 30.5. The van der Waals surface area contributed by atoms with Crippen LogP contribution in [0.5, 0.6) is 0 Å². The predicted molar refractivity (Wildman–Crippen MR) is 117 cm³/mol. The van der Waals surface area contributed by atoms with Crippen LogP contribution in [-0.4, -0.2) is 33.6 Å². The smallest absolute Gasteiger partial charge is 0.0540 e. The molecule has 0 radical (unpaired) electrons. The molecule has 0 aromatic rings. The third kappa shape index (κ3) is 11.2. The van der Waals surface area contributed by atoms with Crippen molar-refractivity contribution in [2.24, 2.45) is 11.8 Å². The SMILES string of the molecule is OC1CCC(CC2CCCCC2)CC1.OC1CCCCC1.OC1CCCCC1. The summed E-state index contributed by atoms with van der Waals surface area (Å²) in [6.07, 6.45) is 25.4. The van der Waals surface area contributed by atoms with Gasteiger partial charge in [-0.1, -0.05) is 70.6 Å². The van der Waals surface area contributed by atoms with Crippen molar-refractivity contribution in [3.8, 4) is 0 Å². The third-order valence-corrected chi connectivity index (χ3v) is 7.36. The topological polar surface area (TPSA) is 60.7 Å². The molecule has 0 aliphatic heterocycles. The van der Waals surface area contributed by atoms with Crippen LogP contribution in [0.25, 0.3) is 0 Å². The monoisotopic (exact) mass is 396 g/mol. The molecule has 4 aliphatic carbocycles. The average molecular weight is 397 g/mol. The van der Waals surface area contributed by atoms with Crippen LogP contribution in [0.3, 0.4) is 0 Å². The Balaban J connectivity index is 0.000000168. The largest absolute Gasteiger partial charge is 0.393 e. The van der Waals surface area contributed by atoms with Crippen LogP contribution < -0.4 is 0 Å². The third-order valence-electron chi connectivity index (χ3n) is 7.36.